The van der Waals surface area contributed by atoms with Crippen LogP contribution in [0.3, 0.4) is 0 Å². The Morgan fingerprint density at radius 2 is 2.05 bits per heavy atom. The molecule has 0 aliphatic rings. The van der Waals surface area contributed by atoms with E-state index in [1.165, 1.54) is 24.0 Å². The van der Waals surface area contributed by atoms with Crippen LogP contribution in [0, 0.1) is 0 Å². The van der Waals surface area contributed by atoms with Gasteiger partial charge in [0, 0.05) is 13.6 Å². The molecule has 0 radical (unpaired) electrons. The molecule has 0 unspecified atom stereocenters. The third kappa shape index (κ3) is 3.33. The summed E-state index contributed by atoms with van der Waals surface area (Å²) in [7, 11) is 3.37. The highest BCUT2D eigenvalue weighted by Gasteiger charge is 2.23. The van der Waals surface area contributed by atoms with Crippen molar-refractivity contribution in [3.05, 3.63) is 40.8 Å². The van der Waals surface area contributed by atoms with Crippen molar-refractivity contribution in [3.8, 4) is 0 Å². The number of carbonyl (C=O) groups is 1. The number of esters is 1. The van der Waals surface area contributed by atoms with Gasteiger partial charge in [0.2, 0.25) is 0 Å². The number of ether oxygens (including phenoxy) is 1. The van der Waals surface area contributed by atoms with Gasteiger partial charge in [-0.3, -0.25) is 0 Å². The molecule has 4 nitrogen and oxygen atoms in total. The molecule has 1 aromatic carbocycles. The van der Waals surface area contributed by atoms with Gasteiger partial charge in [0.1, 0.15) is 9.88 Å². The van der Waals surface area contributed by atoms with E-state index in [1.807, 2.05) is 31.5 Å². The third-order valence-corrected chi connectivity index (χ3v) is 5.32. The van der Waals surface area contributed by atoms with Gasteiger partial charge in [-0.1, -0.05) is 30.3 Å². The Morgan fingerprint density at radius 3 is 2.62 bits per heavy atom. The van der Waals surface area contributed by atoms with Crippen molar-refractivity contribution < 1.29 is 9.53 Å². The lowest BCUT2D eigenvalue weighted by molar-refractivity contribution is 0.0607. The van der Waals surface area contributed by atoms with Gasteiger partial charge in [-0.15, -0.1) is 23.1 Å². The highest BCUT2D eigenvalue weighted by atomic mass is 32.2. The number of rotatable bonds is 5. The van der Waals surface area contributed by atoms with Crippen LogP contribution in [0.2, 0.25) is 0 Å². The molecule has 2 aromatic rings. The summed E-state index contributed by atoms with van der Waals surface area (Å²) in [5, 5.41) is 0.990. The van der Waals surface area contributed by atoms with E-state index in [2.05, 4.69) is 17.0 Å². The van der Waals surface area contributed by atoms with Crippen LogP contribution in [0.5, 0.6) is 0 Å². The van der Waals surface area contributed by atoms with Crippen molar-refractivity contribution in [3.63, 3.8) is 0 Å². The van der Waals surface area contributed by atoms with E-state index < -0.39 is 0 Å². The van der Waals surface area contributed by atoms with Crippen LogP contribution >= 0.6 is 23.1 Å². The molecule has 0 spiro atoms. The molecule has 1 aromatic heterocycles. The molecule has 0 saturated heterocycles. The Labute approximate surface area is 132 Å². The van der Waals surface area contributed by atoms with E-state index in [4.69, 9.17) is 10.5 Å². The third-order valence-electron chi connectivity index (χ3n) is 3.07. The average molecular weight is 322 g/mol. The van der Waals surface area contributed by atoms with E-state index in [0.29, 0.717) is 10.6 Å². The monoisotopic (exact) mass is 322 g/mol. The molecule has 0 amide bonds. The lowest BCUT2D eigenvalue weighted by Gasteiger charge is -2.18. The molecule has 6 heteroatoms. The van der Waals surface area contributed by atoms with Gasteiger partial charge in [0.25, 0.3) is 0 Å². The van der Waals surface area contributed by atoms with E-state index >= 15 is 0 Å². The van der Waals surface area contributed by atoms with E-state index in [0.717, 1.165) is 16.4 Å². The number of hydrogen-bond donors (Lipinski definition) is 1. The van der Waals surface area contributed by atoms with Crippen LogP contribution in [-0.2, 0) is 11.3 Å². The first-order chi connectivity index (χ1) is 10.1. The first-order valence-corrected chi connectivity index (χ1v) is 8.42. The van der Waals surface area contributed by atoms with Gasteiger partial charge in [-0.25, -0.2) is 4.79 Å². The normalized spacial score (nSPS) is 10.4. The van der Waals surface area contributed by atoms with Crippen LogP contribution in [0.4, 0.5) is 10.7 Å². The Hall–Kier alpha value is -1.66. The minimum Gasteiger partial charge on any atom is -0.465 e. The fraction of sp³-hybridized carbons (Fsp3) is 0.267. The largest absolute Gasteiger partial charge is 0.465 e. The number of hydrogen-bond acceptors (Lipinski definition) is 6. The van der Waals surface area contributed by atoms with Crippen molar-refractivity contribution in [2.75, 3.05) is 31.0 Å². The van der Waals surface area contributed by atoms with Gasteiger partial charge < -0.3 is 15.4 Å². The molecular formula is C15H18N2O2S2. The summed E-state index contributed by atoms with van der Waals surface area (Å²) >= 11 is 2.92. The molecule has 0 aliphatic heterocycles. The van der Waals surface area contributed by atoms with E-state index in [9.17, 15) is 4.79 Å². The van der Waals surface area contributed by atoms with Gasteiger partial charge in [-0.05, 0) is 11.8 Å². The molecular weight excluding hydrogens is 304 g/mol. The maximum Gasteiger partial charge on any atom is 0.350 e. The van der Waals surface area contributed by atoms with Gasteiger partial charge in [0.15, 0.2) is 0 Å². The number of methoxy groups -OCH3 is 1. The molecule has 1 heterocycles. The maximum atomic E-state index is 11.8. The minimum absolute atomic E-state index is 0.382. The molecule has 0 atom stereocenters. The molecule has 21 heavy (non-hydrogen) atoms. The summed E-state index contributed by atoms with van der Waals surface area (Å²) in [4.78, 5) is 15.3. The van der Waals surface area contributed by atoms with E-state index in [-0.39, 0.29) is 5.97 Å². The van der Waals surface area contributed by atoms with Crippen molar-refractivity contribution in [2.24, 2.45) is 0 Å². The number of nitrogen functional groups attached to an aromatic ring is 1. The van der Waals surface area contributed by atoms with Gasteiger partial charge in [0.05, 0.1) is 17.7 Å². The Balaban J connectivity index is 2.32. The molecule has 0 saturated carbocycles. The number of nitrogens with two attached hydrogens (primary N) is 1. The summed E-state index contributed by atoms with van der Waals surface area (Å²) in [5.74, 6) is -0.382. The Bertz CT molecular complexity index is 626. The molecule has 112 valence electrons. The zero-order valence-electron chi connectivity index (χ0n) is 12.3. The number of benzene rings is 1. The highest BCUT2D eigenvalue weighted by molar-refractivity contribution is 7.99. The first kappa shape index (κ1) is 15.7. The number of carbonyl (C=O) groups excluding carboxylic acids is 1. The second-order valence-electron chi connectivity index (χ2n) is 4.52. The Morgan fingerprint density at radius 1 is 1.38 bits per heavy atom. The fourth-order valence-electron chi connectivity index (χ4n) is 2.04. The predicted octanol–water partition coefficient (Wildman–Crippen LogP) is 3.48. The smallest absolute Gasteiger partial charge is 0.350 e. The molecule has 0 fully saturated rings. The summed E-state index contributed by atoms with van der Waals surface area (Å²) in [5.41, 5.74) is 7.80. The van der Waals surface area contributed by atoms with Crippen molar-refractivity contribution in [1.29, 1.82) is 0 Å². The number of thioether (sulfide) groups is 1. The lowest BCUT2D eigenvalue weighted by atomic mass is 10.2. The lowest BCUT2D eigenvalue weighted by Crippen LogP contribution is -2.15. The van der Waals surface area contributed by atoms with Gasteiger partial charge >= 0.3 is 5.97 Å². The van der Waals surface area contributed by atoms with Crippen molar-refractivity contribution in [2.45, 2.75) is 11.4 Å². The summed E-state index contributed by atoms with van der Waals surface area (Å²) < 4.78 is 4.79. The second-order valence-corrected chi connectivity index (χ2v) is 6.33. The number of nitrogens with zero attached hydrogens (tertiary/aromatic N) is 1. The summed E-state index contributed by atoms with van der Waals surface area (Å²) in [6, 6.07) is 10.2. The number of anilines is 2. The molecule has 0 aliphatic carbocycles. The van der Waals surface area contributed by atoms with Crippen LogP contribution < -0.4 is 10.6 Å². The van der Waals surface area contributed by atoms with Crippen molar-refractivity contribution in [1.82, 2.24) is 0 Å². The van der Waals surface area contributed by atoms with E-state index in [1.54, 1.807) is 11.8 Å². The molecule has 2 rings (SSSR count). The predicted molar refractivity (Wildman–Crippen MR) is 90.4 cm³/mol. The molecule has 0 bridgehead atoms. The SMILES string of the molecule is COC(=O)c1sc(N(C)Cc2ccccc2)c(SC)c1N. The summed E-state index contributed by atoms with van der Waals surface area (Å²) in [6.07, 6.45) is 1.96. The zero-order chi connectivity index (χ0) is 15.4. The molecule has 2 N–H and O–H groups in total. The maximum absolute atomic E-state index is 11.8. The fourth-order valence-corrected chi connectivity index (χ4v) is 4.13. The second kappa shape index (κ2) is 6.87. The van der Waals surface area contributed by atoms with Crippen molar-refractivity contribution >= 4 is 39.8 Å². The minimum atomic E-state index is -0.382. The summed E-state index contributed by atoms with van der Waals surface area (Å²) in [6.45, 7) is 0.759. The van der Waals surface area contributed by atoms with Gasteiger partial charge in [-0.2, -0.15) is 0 Å². The zero-order valence-corrected chi connectivity index (χ0v) is 13.9. The van der Waals surface area contributed by atoms with Crippen LogP contribution in [0.1, 0.15) is 15.2 Å². The van der Waals surface area contributed by atoms with Crippen LogP contribution in [0.25, 0.3) is 0 Å². The highest BCUT2D eigenvalue weighted by Crippen LogP contribution is 2.44. The van der Waals surface area contributed by atoms with Crippen LogP contribution in [-0.4, -0.2) is 26.4 Å². The Kier molecular flexibility index (Phi) is 5.14. The average Bonchev–Trinajstić information content (AvgIpc) is 2.84. The first-order valence-electron chi connectivity index (χ1n) is 6.38. The topological polar surface area (TPSA) is 55.6 Å². The van der Waals surface area contributed by atoms with Crippen LogP contribution in [0.15, 0.2) is 35.2 Å². The number of thiophene rings is 1. The quantitative estimate of drug-likeness (QED) is 0.675. The standard InChI is InChI=1S/C15H18N2O2S2/c1-17(9-10-7-5-4-6-8-10)14-12(20-3)11(16)13(21-14)15(18)19-2/h4-8H,9,16H2,1-3H3.